The van der Waals surface area contributed by atoms with E-state index in [-0.39, 0.29) is 5.97 Å². The van der Waals surface area contributed by atoms with E-state index in [2.05, 4.69) is 28.7 Å². The number of carbonyl (C=O) groups is 1. The lowest BCUT2D eigenvalue weighted by atomic mass is 9.83. The molecule has 0 saturated heterocycles. The molecule has 2 nitrogen and oxygen atoms in total. The molecule has 0 aliphatic heterocycles. The molecule has 122 valence electrons. The van der Waals surface area contributed by atoms with E-state index >= 15 is 0 Å². The maximum atomic E-state index is 11.6. The molecule has 1 aromatic carbocycles. The van der Waals surface area contributed by atoms with Crippen LogP contribution < -0.4 is 0 Å². The highest BCUT2D eigenvalue weighted by molar-refractivity contribution is 14.1. The smallest absolute Gasteiger partial charge is 0.324 e. The molecule has 0 aromatic heterocycles. The van der Waals surface area contributed by atoms with Gasteiger partial charge in [0.05, 0.1) is 6.61 Å². The number of rotatable bonds is 5. The van der Waals surface area contributed by atoms with Gasteiger partial charge in [-0.15, -0.1) is 11.6 Å². The van der Waals surface area contributed by atoms with Gasteiger partial charge >= 0.3 is 5.97 Å². The summed E-state index contributed by atoms with van der Waals surface area (Å²) >= 11 is 15.0. The van der Waals surface area contributed by atoms with Gasteiger partial charge in [-0.3, -0.25) is 4.79 Å². The third-order valence-electron chi connectivity index (χ3n) is 4.11. The number of hydrogen-bond donors (Lipinski definition) is 0. The Labute approximate surface area is 156 Å². The Morgan fingerprint density at radius 2 is 2.05 bits per heavy atom. The van der Waals surface area contributed by atoms with Crippen LogP contribution in [0.25, 0.3) is 0 Å². The van der Waals surface area contributed by atoms with Crippen molar-refractivity contribution >= 4 is 51.8 Å². The highest BCUT2D eigenvalue weighted by Crippen LogP contribution is 2.39. The van der Waals surface area contributed by atoms with Crippen molar-refractivity contribution in [3.8, 4) is 0 Å². The minimum atomic E-state index is -0.660. The first-order valence-electron chi connectivity index (χ1n) is 7.81. The zero-order chi connectivity index (χ0) is 16.1. The van der Waals surface area contributed by atoms with Gasteiger partial charge in [-0.25, -0.2) is 0 Å². The van der Waals surface area contributed by atoms with Crippen LogP contribution in [-0.4, -0.2) is 18.0 Å². The van der Waals surface area contributed by atoms with Crippen LogP contribution in [0.2, 0.25) is 5.02 Å². The second kappa shape index (κ2) is 8.74. The Morgan fingerprint density at radius 3 is 2.64 bits per heavy atom. The summed E-state index contributed by atoms with van der Waals surface area (Å²) < 4.78 is 6.13. The van der Waals surface area contributed by atoms with E-state index in [9.17, 15) is 4.79 Å². The van der Waals surface area contributed by atoms with Crippen molar-refractivity contribution < 1.29 is 9.53 Å². The van der Waals surface area contributed by atoms with Crippen LogP contribution >= 0.6 is 45.8 Å². The lowest BCUT2D eigenvalue weighted by Gasteiger charge is -2.24. The molecule has 0 heterocycles. The van der Waals surface area contributed by atoms with E-state index < -0.39 is 5.38 Å². The van der Waals surface area contributed by atoms with Crippen LogP contribution in [-0.2, 0) is 16.0 Å². The van der Waals surface area contributed by atoms with Crippen LogP contribution in [0.3, 0.4) is 0 Å². The fourth-order valence-electron chi connectivity index (χ4n) is 3.06. The molecular formula is C17H21Cl2IO2. The van der Waals surface area contributed by atoms with Gasteiger partial charge in [0.1, 0.15) is 5.38 Å². The molecule has 5 heteroatoms. The molecule has 1 saturated carbocycles. The Bertz CT molecular complexity index is 504. The average molecular weight is 455 g/mol. The number of ether oxygens (including phenoxy) is 1. The average Bonchev–Trinajstić information content (AvgIpc) is 2.47. The molecular weight excluding hydrogens is 434 g/mol. The standard InChI is InChI=1S/C17H21Cl2IO2/c1-2-22-17(21)14(19)9-11-8-13(18)16(15(20)10-11)12-6-4-3-5-7-12/h8,10,12,14H,2-7,9H2,1H3. The van der Waals surface area contributed by atoms with Crippen molar-refractivity contribution in [1.29, 1.82) is 0 Å². The van der Waals surface area contributed by atoms with Crippen molar-refractivity contribution in [2.75, 3.05) is 6.61 Å². The summed E-state index contributed by atoms with van der Waals surface area (Å²) in [4.78, 5) is 11.6. The normalized spacial score (nSPS) is 17.3. The highest BCUT2D eigenvalue weighted by atomic mass is 127. The van der Waals surface area contributed by atoms with E-state index in [0.29, 0.717) is 18.9 Å². The van der Waals surface area contributed by atoms with Gasteiger partial charge in [0.15, 0.2) is 0 Å². The fraction of sp³-hybridized carbons (Fsp3) is 0.588. The summed E-state index contributed by atoms with van der Waals surface area (Å²) in [6, 6.07) is 4.06. The molecule has 1 atom stereocenters. The molecule has 0 bridgehead atoms. The number of benzene rings is 1. The van der Waals surface area contributed by atoms with Crippen molar-refractivity contribution in [3.63, 3.8) is 0 Å². The van der Waals surface area contributed by atoms with Crippen LogP contribution in [0.1, 0.15) is 56.1 Å². The van der Waals surface area contributed by atoms with Crippen molar-refractivity contribution in [3.05, 3.63) is 31.9 Å². The molecule has 1 aliphatic carbocycles. The summed E-state index contributed by atoms with van der Waals surface area (Å²) in [5, 5.41) is 0.147. The lowest BCUT2D eigenvalue weighted by Crippen LogP contribution is -2.20. The third kappa shape index (κ3) is 4.75. The van der Waals surface area contributed by atoms with E-state index in [1.54, 1.807) is 6.92 Å². The zero-order valence-corrected chi connectivity index (χ0v) is 16.4. The number of carbonyl (C=O) groups excluding carboxylic acids is 1. The van der Waals surface area contributed by atoms with E-state index in [1.807, 2.05) is 6.07 Å². The maximum Gasteiger partial charge on any atom is 0.324 e. The predicted octanol–water partition coefficient (Wildman–Crippen LogP) is 5.71. The summed E-state index contributed by atoms with van der Waals surface area (Å²) in [7, 11) is 0. The Kier molecular flexibility index (Phi) is 7.29. The van der Waals surface area contributed by atoms with Gasteiger partial charge in [-0.05, 0) is 78.0 Å². The molecule has 1 unspecified atom stereocenters. The molecule has 0 radical (unpaired) electrons. The van der Waals surface area contributed by atoms with E-state index in [1.165, 1.54) is 41.2 Å². The van der Waals surface area contributed by atoms with Gasteiger partial charge in [0, 0.05) is 8.59 Å². The Morgan fingerprint density at radius 1 is 1.36 bits per heavy atom. The first-order chi connectivity index (χ1) is 10.5. The quantitative estimate of drug-likeness (QED) is 0.323. The fourth-order valence-corrected chi connectivity index (χ4v) is 4.99. The first kappa shape index (κ1) is 18.3. The third-order valence-corrected chi connectivity index (χ3v) is 5.65. The van der Waals surface area contributed by atoms with Gasteiger partial charge in [0.2, 0.25) is 0 Å². The predicted molar refractivity (Wildman–Crippen MR) is 100.0 cm³/mol. The number of halogens is 3. The molecule has 0 amide bonds. The lowest BCUT2D eigenvalue weighted by molar-refractivity contribution is -0.142. The highest BCUT2D eigenvalue weighted by Gasteiger charge is 2.23. The molecule has 22 heavy (non-hydrogen) atoms. The second-order valence-corrected chi connectivity index (χ2v) is 7.83. The Hall–Kier alpha value is -0.000000000000000111. The minimum Gasteiger partial charge on any atom is -0.465 e. The summed E-state index contributed by atoms with van der Waals surface area (Å²) in [6.45, 7) is 2.13. The van der Waals surface area contributed by atoms with Crippen LogP contribution in [0.5, 0.6) is 0 Å². The van der Waals surface area contributed by atoms with Crippen molar-refractivity contribution in [2.24, 2.45) is 0 Å². The number of esters is 1. The molecule has 1 aromatic rings. The summed E-state index contributed by atoms with van der Waals surface area (Å²) in [5.41, 5.74) is 2.26. The van der Waals surface area contributed by atoms with E-state index in [4.69, 9.17) is 27.9 Å². The van der Waals surface area contributed by atoms with Crippen molar-refractivity contribution in [2.45, 2.75) is 56.7 Å². The minimum absolute atomic E-state index is 0.348. The second-order valence-electron chi connectivity index (χ2n) is 5.73. The summed E-state index contributed by atoms with van der Waals surface area (Å²) in [6.07, 6.45) is 6.78. The molecule has 2 rings (SSSR count). The van der Waals surface area contributed by atoms with Gasteiger partial charge in [-0.2, -0.15) is 0 Å². The number of hydrogen-bond acceptors (Lipinski definition) is 2. The Balaban J connectivity index is 2.13. The molecule has 0 spiro atoms. The molecule has 1 aliphatic rings. The summed E-state index contributed by atoms with van der Waals surface area (Å²) in [5.74, 6) is 0.200. The number of alkyl halides is 1. The van der Waals surface area contributed by atoms with Crippen molar-refractivity contribution in [1.82, 2.24) is 0 Å². The zero-order valence-electron chi connectivity index (χ0n) is 12.7. The van der Waals surface area contributed by atoms with Crippen LogP contribution in [0, 0.1) is 3.57 Å². The SMILES string of the molecule is CCOC(=O)C(Cl)Cc1cc(Cl)c(C2CCCCC2)c(I)c1. The van der Waals surface area contributed by atoms with Gasteiger partial charge < -0.3 is 4.74 Å². The van der Waals surface area contributed by atoms with E-state index in [0.717, 1.165) is 10.6 Å². The largest absolute Gasteiger partial charge is 0.465 e. The van der Waals surface area contributed by atoms with Crippen LogP contribution in [0.4, 0.5) is 0 Å². The monoisotopic (exact) mass is 454 g/mol. The van der Waals surface area contributed by atoms with Gasteiger partial charge in [-0.1, -0.05) is 30.9 Å². The molecule has 1 fully saturated rings. The molecule has 0 N–H and O–H groups in total. The first-order valence-corrected chi connectivity index (χ1v) is 9.70. The van der Waals surface area contributed by atoms with Gasteiger partial charge in [0.25, 0.3) is 0 Å². The van der Waals surface area contributed by atoms with Crippen LogP contribution in [0.15, 0.2) is 12.1 Å². The maximum absolute atomic E-state index is 11.6. The topological polar surface area (TPSA) is 26.3 Å².